The summed E-state index contributed by atoms with van der Waals surface area (Å²) in [5.74, 6) is 0. The molecular weight excluding hydrogens is 208 g/mol. The van der Waals surface area contributed by atoms with Gasteiger partial charge < -0.3 is 20.5 Å². The summed E-state index contributed by atoms with van der Waals surface area (Å²) in [7, 11) is 0. The lowest BCUT2D eigenvalue weighted by Gasteiger charge is -2.27. The molecule has 0 bridgehead atoms. The van der Waals surface area contributed by atoms with E-state index in [0.717, 1.165) is 0 Å². The molecule has 0 aliphatic carbocycles. The summed E-state index contributed by atoms with van der Waals surface area (Å²) < 4.78 is 5.23. The van der Waals surface area contributed by atoms with E-state index in [9.17, 15) is 9.90 Å². The van der Waals surface area contributed by atoms with Crippen molar-refractivity contribution in [3.63, 3.8) is 0 Å². The van der Waals surface area contributed by atoms with Crippen LogP contribution in [-0.4, -0.2) is 47.4 Å². The number of carbonyl (C=O) groups is 1. The molecule has 0 rings (SSSR count). The molecule has 1 atom stereocenters. The molecule has 3 N–H and O–H groups in total. The van der Waals surface area contributed by atoms with Gasteiger partial charge in [0.2, 0.25) is 0 Å². The minimum absolute atomic E-state index is 0.376. The van der Waals surface area contributed by atoms with Gasteiger partial charge in [-0.2, -0.15) is 0 Å². The van der Waals surface area contributed by atoms with Gasteiger partial charge in [-0.25, -0.2) is 4.79 Å². The molecule has 96 valence electrons. The molecular formula is C11H24N2O3. The van der Waals surface area contributed by atoms with Crippen LogP contribution < -0.4 is 5.73 Å². The highest BCUT2D eigenvalue weighted by Crippen LogP contribution is 2.10. The van der Waals surface area contributed by atoms with Crippen LogP contribution in [0.2, 0.25) is 0 Å². The Morgan fingerprint density at radius 3 is 2.38 bits per heavy atom. The fourth-order valence-corrected chi connectivity index (χ4v) is 1.12. The number of hydrogen-bond acceptors (Lipinski definition) is 4. The van der Waals surface area contributed by atoms with Crippen LogP contribution in [0.25, 0.3) is 0 Å². The number of aliphatic hydroxyl groups is 1. The Hall–Kier alpha value is -0.810. The first-order chi connectivity index (χ1) is 7.26. The van der Waals surface area contributed by atoms with Crippen LogP contribution in [0.1, 0.15) is 34.1 Å². The van der Waals surface area contributed by atoms with Gasteiger partial charge in [-0.05, 0) is 34.1 Å². The van der Waals surface area contributed by atoms with Gasteiger partial charge in [0.15, 0.2) is 0 Å². The lowest BCUT2D eigenvalue weighted by atomic mass is 10.2. The average Bonchev–Trinajstić information content (AvgIpc) is 2.08. The van der Waals surface area contributed by atoms with E-state index in [2.05, 4.69) is 0 Å². The number of nitrogens with two attached hydrogens (primary N) is 1. The maximum absolute atomic E-state index is 11.7. The number of nitrogens with zero attached hydrogens (tertiary/aromatic N) is 1. The first-order valence-corrected chi connectivity index (χ1v) is 5.62. The van der Waals surface area contributed by atoms with E-state index >= 15 is 0 Å². The molecule has 16 heavy (non-hydrogen) atoms. The maximum atomic E-state index is 11.7. The highest BCUT2D eigenvalue weighted by Gasteiger charge is 2.21. The molecule has 0 saturated carbocycles. The quantitative estimate of drug-likeness (QED) is 0.740. The molecule has 5 nitrogen and oxygen atoms in total. The van der Waals surface area contributed by atoms with Crippen molar-refractivity contribution in [2.24, 2.45) is 5.73 Å². The Kier molecular flexibility index (Phi) is 6.36. The van der Waals surface area contributed by atoms with Crippen LogP contribution in [0.3, 0.4) is 0 Å². The van der Waals surface area contributed by atoms with Crippen molar-refractivity contribution >= 4 is 6.09 Å². The molecule has 0 aliphatic heterocycles. The zero-order valence-electron chi connectivity index (χ0n) is 10.7. The highest BCUT2D eigenvalue weighted by atomic mass is 16.6. The molecule has 0 aliphatic rings. The second kappa shape index (κ2) is 6.70. The van der Waals surface area contributed by atoms with Crippen molar-refractivity contribution in [1.29, 1.82) is 0 Å². The van der Waals surface area contributed by atoms with Gasteiger partial charge in [-0.3, -0.25) is 0 Å². The molecule has 0 aromatic carbocycles. The van der Waals surface area contributed by atoms with Crippen molar-refractivity contribution in [2.75, 3.05) is 19.6 Å². The molecule has 1 amide bonds. The fraction of sp³-hybridized carbons (Fsp3) is 0.909. The third-order valence-electron chi connectivity index (χ3n) is 1.87. The smallest absolute Gasteiger partial charge is 0.410 e. The number of hydrogen-bond donors (Lipinski definition) is 2. The number of carbonyl (C=O) groups excluding carboxylic acids is 1. The lowest BCUT2D eigenvalue weighted by molar-refractivity contribution is 0.0232. The highest BCUT2D eigenvalue weighted by molar-refractivity contribution is 5.68. The van der Waals surface area contributed by atoms with Gasteiger partial charge in [-0.15, -0.1) is 0 Å². The van der Waals surface area contributed by atoms with Crippen molar-refractivity contribution in [3.05, 3.63) is 0 Å². The van der Waals surface area contributed by atoms with E-state index in [1.54, 1.807) is 6.92 Å². The zero-order chi connectivity index (χ0) is 12.8. The average molecular weight is 232 g/mol. The Balaban J connectivity index is 4.23. The van der Waals surface area contributed by atoms with Crippen LogP contribution in [0.4, 0.5) is 4.79 Å². The first-order valence-electron chi connectivity index (χ1n) is 5.62. The van der Waals surface area contributed by atoms with Gasteiger partial charge in [0, 0.05) is 19.6 Å². The number of rotatable bonds is 5. The summed E-state index contributed by atoms with van der Waals surface area (Å²) in [6.45, 7) is 8.45. The summed E-state index contributed by atoms with van der Waals surface area (Å²) in [5.41, 5.74) is 4.92. The monoisotopic (exact) mass is 232 g/mol. The van der Waals surface area contributed by atoms with E-state index in [4.69, 9.17) is 10.5 Å². The minimum atomic E-state index is -0.505. The Bertz CT molecular complexity index is 212. The molecule has 0 heterocycles. The van der Waals surface area contributed by atoms with Crippen LogP contribution in [-0.2, 0) is 4.74 Å². The third-order valence-corrected chi connectivity index (χ3v) is 1.87. The molecule has 0 spiro atoms. The van der Waals surface area contributed by atoms with Crippen LogP contribution in [0.15, 0.2) is 0 Å². The number of ether oxygens (including phenoxy) is 1. The predicted octanol–water partition coefficient (Wildman–Crippen LogP) is 0.953. The normalized spacial score (nSPS) is 13.4. The maximum Gasteiger partial charge on any atom is 0.410 e. The number of amides is 1. The molecule has 0 radical (unpaired) electrons. The minimum Gasteiger partial charge on any atom is -0.444 e. The van der Waals surface area contributed by atoms with E-state index in [-0.39, 0.29) is 6.09 Å². The summed E-state index contributed by atoms with van der Waals surface area (Å²) in [5, 5.41) is 9.17. The van der Waals surface area contributed by atoms with Crippen LogP contribution >= 0.6 is 0 Å². The van der Waals surface area contributed by atoms with Gasteiger partial charge in [-0.1, -0.05) is 0 Å². The van der Waals surface area contributed by atoms with E-state index in [1.165, 1.54) is 4.90 Å². The van der Waals surface area contributed by atoms with Crippen molar-refractivity contribution < 1.29 is 14.6 Å². The van der Waals surface area contributed by atoms with E-state index in [0.29, 0.717) is 26.1 Å². The molecule has 0 saturated heterocycles. The molecule has 0 fully saturated rings. The van der Waals surface area contributed by atoms with Crippen molar-refractivity contribution in [3.8, 4) is 0 Å². The Morgan fingerprint density at radius 1 is 1.44 bits per heavy atom. The van der Waals surface area contributed by atoms with Gasteiger partial charge in [0.1, 0.15) is 5.60 Å². The summed E-state index contributed by atoms with van der Waals surface area (Å²) in [4.78, 5) is 13.3. The van der Waals surface area contributed by atoms with Crippen LogP contribution in [0, 0.1) is 0 Å². The molecule has 5 heteroatoms. The summed E-state index contributed by atoms with van der Waals surface area (Å²) in [6.07, 6.45) is -0.277. The van der Waals surface area contributed by atoms with Gasteiger partial charge in [0.05, 0.1) is 6.10 Å². The fourth-order valence-electron chi connectivity index (χ4n) is 1.12. The zero-order valence-corrected chi connectivity index (χ0v) is 10.7. The SMILES string of the molecule is CC(O)CCN(CCN)C(=O)OC(C)(C)C. The van der Waals surface area contributed by atoms with Crippen molar-refractivity contribution in [2.45, 2.75) is 45.8 Å². The van der Waals surface area contributed by atoms with E-state index < -0.39 is 11.7 Å². The largest absolute Gasteiger partial charge is 0.444 e. The number of aliphatic hydroxyl groups excluding tert-OH is 1. The second-order valence-electron chi connectivity index (χ2n) is 4.89. The predicted molar refractivity (Wildman–Crippen MR) is 63.2 cm³/mol. The Labute approximate surface area is 97.6 Å². The first kappa shape index (κ1) is 15.2. The second-order valence-corrected chi connectivity index (χ2v) is 4.89. The Morgan fingerprint density at radius 2 is 2.00 bits per heavy atom. The third kappa shape index (κ3) is 7.48. The summed E-state index contributed by atoms with van der Waals surface area (Å²) in [6, 6.07) is 0. The summed E-state index contributed by atoms with van der Waals surface area (Å²) >= 11 is 0. The lowest BCUT2D eigenvalue weighted by Crippen LogP contribution is -2.40. The topological polar surface area (TPSA) is 75.8 Å². The molecule has 1 unspecified atom stereocenters. The van der Waals surface area contributed by atoms with Crippen molar-refractivity contribution in [1.82, 2.24) is 4.90 Å². The van der Waals surface area contributed by atoms with Crippen LogP contribution in [0.5, 0.6) is 0 Å². The standard InChI is InChI=1S/C11H24N2O3/c1-9(14)5-7-13(8-6-12)10(15)16-11(2,3)4/h9,14H,5-8,12H2,1-4H3. The molecule has 0 aromatic heterocycles. The van der Waals surface area contributed by atoms with Gasteiger partial charge >= 0.3 is 6.09 Å². The molecule has 0 aromatic rings. The van der Waals surface area contributed by atoms with E-state index in [1.807, 2.05) is 20.8 Å². The van der Waals surface area contributed by atoms with Gasteiger partial charge in [0.25, 0.3) is 0 Å².